The zero-order valence-electron chi connectivity index (χ0n) is 35.7. The minimum absolute atomic E-state index is 0.121. The Morgan fingerprint density at radius 3 is 1.47 bits per heavy atom. The molecule has 332 valence electrons. The van der Waals surface area contributed by atoms with Crippen molar-refractivity contribution in [2.24, 2.45) is 0 Å². The maximum atomic E-state index is 13.4. The molecule has 0 spiro atoms. The van der Waals surface area contributed by atoms with Gasteiger partial charge in [0.1, 0.15) is 23.5 Å². The number of anilines is 1. The summed E-state index contributed by atoms with van der Waals surface area (Å²) in [6, 6.07) is 11.8. The first-order chi connectivity index (χ1) is 27.8. The van der Waals surface area contributed by atoms with Gasteiger partial charge in [0.2, 0.25) is 0 Å². The van der Waals surface area contributed by atoms with Crippen molar-refractivity contribution in [1.29, 1.82) is 0 Å². The standard InChI is InChI=1S/C22H32ClFN2O3.C17H23BrClNO3.C5H10FN/c1-22(2,3)29-21(27)26-12-8-18(9-13-26)28-15-16-4-5-20(19(23)14-16)25-10-6-17(24)7-11-25;1-17(2,3)23-16(21)20-8-6-13(7-9-20)22-11-12-4-5-14(18)15(19)10-12;6-5-1-3-7-4-2-5/h4-5,14,17-18H,6-13,15H2,1-3H3;4-5,10,13H,6-9,11H2,1-3H3;5,7H,1-4H2. The lowest BCUT2D eigenvalue weighted by atomic mass is 10.1. The van der Waals surface area contributed by atoms with Crippen LogP contribution in [0.2, 0.25) is 10.0 Å². The van der Waals surface area contributed by atoms with E-state index in [1.807, 2.05) is 77.9 Å². The van der Waals surface area contributed by atoms with E-state index in [4.69, 9.17) is 42.1 Å². The van der Waals surface area contributed by atoms with E-state index in [2.05, 4.69) is 26.1 Å². The predicted molar refractivity (Wildman–Crippen MR) is 235 cm³/mol. The maximum Gasteiger partial charge on any atom is 0.410 e. The quantitative estimate of drug-likeness (QED) is 0.294. The molecule has 2 aromatic carbocycles. The summed E-state index contributed by atoms with van der Waals surface area (Å²) in [6.07, 6.45) is 4.34. The molecule has 0 bridgehead atoms. The second-order valence-electron chi connectivity index (χ2n) is 17.6. The molecule has 2 amide bonds. The van der Waals surface area contributed by atoms with Gasteiger partial charge >= 0.3 is 12.2 Å². The van der Waals surface area contributed by atoms with Gasteiger partial charge in [0.05, 0.1) is 41.2 Å². The third-order valence-corrected chi connectivity index (χ3v) is 11.7. The van der Waals surface area contributed by atoms with Crippen LogP contribution in [-0.4, -0.2) is 110 Å². The van der Waals surface area contributed by atoms with Crippen LogP contribution in [0.3, 0.4) is 0 Å². The first kappa shape index (κ1) is 49.2. The van der Waals surface area contributed by atoms with Crippen LogP contribution in [0.5, 0.6) is 0 Å². The van der Waals surface area contributed by atoms with Gasteiger partial charge in [-0.3, -0.25) is 0 Å². The summed E-state index contributed by atoms with van der Waals surface area (Å²) >= 11 is 15.9. The van der Waals surface area contributed by atoms with Gasteiger partial charge in [-0.2, -0.15) is 0 Å². The van der Waals surface area contributed by atoms with Crippen molar-refractivity contribution in [2.45, 2.75) is 142 Å². The van der Waals surface area contributed by atoms with Crippen LogP contribution in [-0.2, 0) is 32.2 Å². The van der Waals surface area contributed by atoms with Crippen molar-refractivity contribution in [1.82, 2.24) is 15.1 Å². The molecule has 1 N–H and O–H groups in total. The van der Waals surface area contributed by atoms with Crippen molar-refractivity contribution in [3.8, 4) is 0 Å². The monoisotopic (exact) mass is 932 g/mol. The molecule has 15 heteroatoms. The Bertz CT molecular complexity index is 1600. The third kappa shape index (κ3) is 18.2. The topological polar surface area (TPSA) is 92.8 Å². The molecule has 59 heavy (non-hydrogen) atoms. The number of amides is 2. The van der Waals surface area contributed by atoms with E-state index in [0.717, 1.165) is 60.1 Å². The SMILES string of the molecule is CC(C)(C)OC(=O)N1CCC(OCc2ccc(Br)c(Cl)c2)CC1.CC(C)(C)OC(=O)N1CCC(OCc2ccc(N3CCC(F)CC3)c(Cl)c2)CC1.FC1CCNCC1. The molecule has 4 saturated heterocycles. The highest BCUT2D eigenvalue weighted by atomic mass is 79.9. The van der Waals surface area contributed by atoms with Gasteiger partial charge in [-0.25, -0.2) is 18.4 Å². The van der Waals surface area contributed by atoms with E-state index in [1.165, 1.54) is 0 Å². The van der Waals surface area contributed by atoms with Gasteiger partial charge in [-0.15, -0.1) is 0 Å². The Kier molecular flexibility index (Phi) is 19.8. The van der Waals surface area contributed by atoms with Gasteiger partial charge in [-0.1, -0.05) is 35.3 Å². The number of hydrogen-bond acceptors (Lipinski definition) is 8. The Hall–Kier alpha value is -2.42. The highest BCUT2D eigenvalue weighted by molar-refractivity contribution is 9.10. The number of ether oxygens (including phenoxy) is 4. The largest absolute Gasteiger partial charge is 0.444 e. The number of nitrogens with zero attached hydrogens (tertiary/aromatic N) is 3. The number of benzene rings is 2. The van der Waals surface area contributed by atoms with Crippen molar-refractivity contribution in [3.63, 3.8) is 0 Å². The van der Waals surface area contributed by atoms with Crippen LogP contribution in [0.4, 0.5) is 24.1 Å². The molecule has 0 atom stereocenters. The molecular formula is C44H65BrCl2F2N4O6. The van der Waals surface area contributed by atoms with E-state index in [1.54, 1.807) is 9.80 Å². The number of carbonyl (C=O) groups excluding carboxylic acids is 2. The fraction of sp³-hybridized carbons (Fsp3) is 0.682. The minimum atomic E-state index is -0.695. The Morgan fingerprint density at radius 2 is 1.08 bits per heavy atom. The van der Waals surface area contributed by atoms with Crippen LogP contribution in [0.1, 0.15) is 104 Å². The second-order valence-corrected chi connectivity index (χ2v) is 19.2. The van der Waals surface area contributed by atoms with E-state index in [-0.39, 0.29) is 24.4 Å². The number of carbonyl (C=O) groups is 2. The number of hydrogen-bond donors (Lipinski definition) is 1. The summed E-state index contributed by atoms with van der Waals surface area (Å²) in [5.74, 6) is 0. The molecule has 4 aliphatic rings. The number of piperidine rings is 4. The summed E-state index contributed by atoms with van der Waals surface area (Å²) in [4.78, 5) is 29.8. The molecule has 0 unspecified atom stereocenters. The van der Waals surface area contributed by atoms with Crippen LogP contribution in [0, 0.1) is 0 Å². The summed E-state index contributed by atoms with van der Waals surface area (Å²) < 4.78 is 49.2. The highest BCUT2D eigenvalue weighted by Crippen LogP contribution is 2.31. The van der Waals surface area contributed by atoms with Crippen molar-refractivity contribution < 1.29 is 37.3 Å². The average Bonchev–Trinajstić information content (AvgIpc) is 3.18. The fourth-order valence-electron chi connectivity index (χ4n) is 6.89. The predicted octanol–water partition coefficient (Wildman–Crippen LogP) is 10.9. The number of alkyl halides is 2. The molecule has 0 aliphatic carbocycles. The zero-order valence-corrected chi connectivity index (χ0v) is 38.8. The lowest BCUT2D eigenvalue weighted by Gasteiger charge is -2.33. The summed E-state index contributed by atoms with van der Waals surface area (Å²) in [5, 5.41) is 4.44. The van der Waals surface area contributed by atoms with E-state index >= 15 is 0 Å². The Balaban J connectivity index is 0.000000227. The zero-order chi connectivity index (χ0) is 43.2. The number of nitrogens with one attached hydrogen (secondary N) is 1. The number of likely N-dealkylation sites (tertiary alicyclic amines) is 2. The van der Waals surface area contributed by atoms with Crippen LogP contribution in [0.15, 0.2) is 40.9 Å². The van der Waals surface area contributed by atoms with Gasteiger partial charge < -0.3 is 39.0 Å². The molecule has 2 aromatic rings. The van der Waals surface area contributed by atoms with Gasteiger partial charge in [-0.05, 0) is 157 Å². The fourth-order valence-corrected chi connectivity index (χ4v) is 7.67. The molecule has 4 fully saturated rings. The molecule has 10 nitrogen and oxygen atoms in total. The maximum absolute atomic E-state index is 13.4. The molecule has 0 radical (unpaired) electrons. The smallest absolute Gasteiger partial charge is 0.410 e. The Morgan fingerprint density at radius 1 is 0.661 bits per heavy atom. The summed E-state index contributed by atoms with van der Waals surface area (Å²) in [5.41, 5.74) is 2.11. The minimum Gasteiger partial charge on any atom is -0.444 e. The lowest BCUT2D eigenvalue weighted by Crippen LogP contribution is -2.43. The van der Waals surface area contributed by atoms with E-state index < -0.39 is 23.5 Å². The third-order valence-electron chi connectivity index (χ3n) is 10.2. The molecule has 4 aliphatic heterocycles. The van der Waals surface area contributed by atoms with Gasteiger partial charge in [0.15, 0.2) is 0 Å². The highest BCUT2D eigenvalue weighted by Gasteiger charge is 2.29. The molecule has 6 rings (SSSR count). The second kappa shape index (κ2) is 23.7. The number of halogens is 5. The van der Waals surface area contributed by atoms with E-state index in [0.29, 0.717) is 88.2 Å². The lowest BCUT2D eigenvalue weighted by molar-refractivity contribution is -0.0177. The van der Waals surface area contributed by atoms with Crippen LogP contribution < -0.4 is 10.2 Å². The first-order valence-corrected chi connectivity index (χ1v) is 22.6. The van der Waals surface area contributed by atoms with Crippen molar-refractivity contribution >= 4 is 57.0 Å². The van der Waals surface area contributed by atoms with Crippen LogP contribution >= 0.6 is 39.1 Å². The van der Waals surface area contributed by atoms with Crippen molar-refractivity contribution in [2.75, 3.05) is 57.3 Å². The molecular weight excluding hydrogens is 869 g/mol. The normalized spacial score (nSPS) is 19.0. The summed E-state index contributed by atoms with van der Waals surface area (Å²) in [6.45, 7) is 18.0. The van der Waals surface area contributed by atoms with Crippen LogP contribution in [0.25, 0.3) is 0 Å². The average molecular weight is 935 g/mol. The Labute approximate surface area is 369 Å². The van der Waals surface area contributed by atoms with Gasteiger partial charge in [0.25, 0.3) is 0 Å². The first-order valence-electron chi connectivity index (χ1n) is 21.0. The molecule has 4 heterocycles. The molecule has 0 saturated carbocycles. The number of rotatable bonds is 7. The molecule has 0 aromatic heterocycles. The van der Waals surface area contributed by atoms with Gasteiger partial charge in [0, 0.05) is 43.7 Å². The van der Waals surface area contributed by atoms with E-state index in [9.17, 15) is 18.4 Å². The van der Waals surface area contributed by atoms with Crippen molar-refractivity contribution in [3.05, 3.63) is 62.0 Å². The summed E-state index contributed by atoms with van der Waals surface area (Å²) in [7, 11) is 0.